The fraction of sp³-hybridized carbons (Fsp3) is 0.381. The van der Waals surface area contributed by atoms with E-state index in [4.69, 9.17) is 33.2 Å². The second-order valence-electron chi connectivity index (χ2n) is 5.85. The van der Waals surface area contributed by atoms with Crippen molar-refractivity contribution in [2.24, 2.45) is 0 Å². The smallest absolute Gasteiger partial charge is 0.195 e. The molecule has 0 radical (unpaired) electrons. The monoisotopic (exact) mass is 406 g/mol. The van der Waals surface area contributed by atoms with Crippen molar-refractivity contribution in [1.29, 1.82) is 0 Å². The molecule has 0 aliphatic heterocycles. The molecule has 0 atom stereocenters. The van der Waals surface area contributed by atoms with Gasteiger partial charge in [0, 0.05) is 33.5 Å². The third kappa shape index (κ3) is 7.35. The number of ether oxygens (including phenoxy) is 7. The topological polar surface area (TPSA) is 81.7 Å². The lowest BCUT2D eigenvalue weighted by molar-refractivity contribution is 0.0389. The average Bonchev–Trinajstić information content (AvgIpc) is 2.75. The number of methoxy groups -OCH3 is 3. The van der Waals surface area contributed by atoms with Crippen LogP contribution in [-0.2, 0) is 25.6 Å². The van der Waals surface area contributed by atoms with Crippen LogP contribution in [0.4, 0.5) is 0 Å². The molecule has 0 amide bonds. The van der Waals surface area contributed by atoms with Crippen molar-refractivity contribution >= 4 is 5.78 Å². The summed E-state index contributed by atoms with van der Waals surface area (Å²) in [6, 6.07) is 12.7. The molecule has 2 aromatic carbocycles. The maximum absolute atomic E-state index is 12.9. The molecule has 0 spiro atoms. The average molecular weight is 406 g/mol. The fourth-order valence-electron chi connectivity index (χ4n) is 2.43. The summed E-state index contributed by atoms with van der Waals surface area (Å²) in [5, 5.41) is 0. The van der Waals surface area contributed by atoms with Crippen LogP contribution in [0.3, 0.4) is 0 Å². The zero-order valence-corrected chi connectivity index (χ0v) is 16.8. The summed E-state index contributed by atoms with van der Waals surface area (Å²) >= 11 is 0. The van der Waals surface area contributed by atoms with Crippen LogP contribution in [0.15, 0.2) is 42.5 Å². The quantitative estimate of drug-likeness (QED) is 0.350. The van der Waals surface area contributed by atoms with E-state index < -0.39 is 0 Å². The largest absolute Gasteiger partial charge is 0.467 e. The lowest BCUT2D eigenvalue weighted by Crippen LogP contribution is -2.15. The normalized spacial score (nSPS) is 10.6. The molecule has 158 valence electrons. The van der Waals surface area contributed by atoms with E-state index in [1.807, 2.05) is 30.3 Å². The van der Waals surface area contributed by atoms with E-state index in [2.05, 4.69) is 0 Å². The molecule has 0 aliphatic carbocycles. The minimum Gasteiger partial charge on any atom is -0.467 e. The number of benzene rings is 2. The third-order valence-corrected chi connectivity index (χ3v) is 3.67. The zero-order valence-electron chi connectivity index (χ0n) is 16.8. The van der Waals surface area contributed by atoms with Gasteiger partial charge in [0.2, 0.25) is 0 Å². The highest BCUT2D eigenvalue weighted by atomic mass is 16.7. The summed E-state index contributed by atoms with van der Waals surface area (Å²) in [6.07, 6.45) is 0. The van der Waals surface area contributed by atoms with Crippen molar-refractivity contribution in [2.45, 2.75) is 6.61 Å². The van der Waals surface area contributed by atoms with Crippen molar-refractivity contribution < 1.29 is 38.0 Å². The Morgan fingerprint density at radius 3 is 1.90 bits per heavy atom. The predicted octanol–water partition coefficient (Wildman–Crippen LogP) is 3.03. The van der Waals surface area contributed by atoms with Crippen molar-refractivity contribution in [1.82, 2.24) is 0 Å². The summed E-state index contributed by atoms with van der Waals surface area (Å²) in [7, 11) is 4.47. The van der Waals surface area contributed by atoms with Gasteiger partial charge in [0.1, 0.15) is 29.4 Å². The van der Waals surface area contributed by atoms with Gasteiger partial charge in [-0.1, -0.05) is 30.3 Å². The van der Waals surface area contributed by atoms with Crippen molar-refractivity contribution in [3.05, 3.63) is 53.6 Å². The maximum atomic E-state index is 12.9. The molecule has 0 fully saturated rings. The van der Waals surface area contributed by atoms with E-state index in [0.29, 0.717) is 12.4 Å². The van der Waals surface area contributed by atoms with Crippen LogP contribution < -0.4 is 14.2 Å². The van der Waals surface area contributed by atoms with E-state index in [0.717, 1.165) is 5.56 Å². The molecule has 0 aliphatic rings. The number of hydrogen-bond acceptors (Lipinski definition) is 8. The standard InChI is InChI=1S/C21H26O8/c1-23-13-27-17-9-19(28-14-24-2)21(20(10-17)29-15-25-3)18(22)12-26-11-16-7-5-4-6-8-16/h4-10H,11-15H2,1-3H3. The first-order valence-electron chi connectivity index (χ1n) is 8.87. The molecule has 0 aromatic heterocycles. The molecule has 0 saturated carbocycles. The minimum atomic E-state index is -0.309. The molecule has 0 N–H and O–H groups in total. The molecule has 0 bridgehead atoms. The van der Waals surface area contributed by atoms with E-state index in [1.165, 1.54) is 21.3 Å². The molecule has 0 saturated heterocycles. The van der Waals surface area contributed by atoms with Crippen LogP contribution in [0, 0.1) is 0 Å². The van der Waals surface area contributed by atoms with Crippen molar-refractivity contribution in [3.8, 4) is 17.2 Å². The van der Waals surface area contributed by atoms with E-state index in [1.54, 1.807) is 12.1 Å². The van der Waals surface area contributed by atoms with Gasteiger partial charge in [-0.05, 0) is 5.56 Å². The zero-order chi connectivity index (χ0) is 20.9. The summed E-state index contributed by atoms with van der Waals surface area (Å²) in [4.78, 5) is 12.9. The Hall–Kier alpha value is -2.65. The second-order valence-corrected chi connectivity index (χ2v) is 5.85. The van der Waals surface area contributed by atoms with Crippen LogP contribution >= 0.6 is 0 Å². The van der Waals surface area contributed by atoms with E-state index in [9.17, 15) is 4.79 Å². The molecule has 2 rings (SSSR count). The molecule has 2 aromatic rings. The predicted molar refractivity (Wildman–Crippen MR) is 104 cm³/mol. The van der Waals surface area contributed by atoms with Crippen molar-refractivity contribution in [2.75, 3.05) is 48.3 Å². The molecule has 0 heterocycles. The number of carbonyl (C=O) groups excluding carboxylic acids is 1. The Morgan fingerprint density at radius 2 is 1.34 bits per heavy atom. The van der Waals surface area contributed by atoms with E-state index >= 15 is 0 Å². The van der Waals surface area contributed by atoms with Gasteiger partial charge in [0.05, 0.1) is 6.61 Å². The SMILES string of the molecule is COCOc1cc(OCOC)c(C(=O)COCc2ccccc2)c(OCOC)c1. The first kappa shape index (κ1) is 22.6. The first-order valence-corrected chi connectivity index (χ1v) is 8.87. The van der Waals surface area contributed by atoms with Crippen LogP contribution in [-0.4, -0.2) is 54.1 Å². The molecular weight excluding hydrogens is 380 g/mol. The summed E-state index contributed by atoms with van der Waals surface area (Å²) < 4.78 is 37.0. The van der Waals surface area contributed by atoms with E-state index in [-0.39, 0.29) is 49.8 Å². The lowest BCUT2D eigenvalue weighted by atomic mass is 10.1. The molecule has 8 nitrogen and oxygen atoms in total. The van der Waals surface area contributed by atoms with Crippen LogP contribution in [0.1, 0.15) is 15.9 Å². The third-order valence-electron chi connectivity index (χ3n) is 3.67. The van der Waals surface area contributed by atoms with Gasteiger partial charge in [-0.2, -0.15) is 0 Å². The lowest BCUT2D eigenvalue weighted by Gasteiger charge is -2.17. The molecule has 8 heteroatoms. The Kier molecular flexibility index (Phi) is 9.94. The maximum Gasteiger partial charge on any atom is 0.195 e. The number of rotatable bonds is 14. The number of Topliss-reactive ketones (excluding diaryl/α,β-unsaturated/α-hetero) is 1. The van der Waals surface area contributed by atoms with Crippen LogP contribution in [0.5, 0.6) is 17.2 Å². The molecule has 0 unspecified atom stereocenters. The number of hydrogen-bond donors (Lipinski definition) is 0. The number of ketones is 1. The van der Waals surface area contributed by atoms with Crippen LogP contribution in [0.2, 0.25) is 0 Å². The molecular formula is C21H26O8. The van der Waals surface area contributed by atoms with Crippen LogP contribution in [0.25, 0.3) is 0 Å². The number of carbonyl (C=O) groups is 1. The Balaban J connectivity index is 2.22. The highest BCUT2D eigenvalue weighted by Crippen LogP contribution is 2.35. The first-order chi connectivity index (χ1) is 14.2. The fourth-order valence-corrected chi connectivity index (χ4v) is 2.43. The molecule has 29 heavy (non-hydrogen) atoms. The van der Waals surface area contributed by atoms with Gasteiger partial charge < -0.3 is 33.2 Å². The Labute approximate surface area is 170 Å². The van der Waals surface area contributed by atoms with Gasteiger partial charge in [-0.3, -0.25) is 4.79 Å². The minimum absolute atomic E-state index is 0.0287. The van der Waals surface area contributed by atoms with Gasteiger partial charge in [-0.25, -0.2) is 0 Å². The summed E-state index contributed by atoms with van der Waals surface area (Å²) in [6.45, 7) is 0.0795. The highest BCUT2D eigenvalue weighted by molar-refractivity contribution is 6.02. The highest BCUT2D eigenvalue weighted by Gasteiger charge is 2.22. The van der Waals surface area contributed by atoms with Crippen molar-refractivity contribution in [3.63, 3.8) is 0 Å². The van der Waals surface area contributed by atoms with Gasteiger partial charge >= 0.3 is 0 Å². The van der Waals surface area contributed by atoms with Gasteiger partial charge in [0.15, 0.2) is 26.2 Å². The Bertz CT molecular complexity index is 719. The Morgan fingerprint density at radius 1 is 0.793 bits per heavy atom. The summed E-state index contributed by atoms with van der Waals surface area (Å²) in [5.41, 5.74) is 1.19. The summed E-state index contributed by atoms with van der Waals surface area (Å²) in [5.74, 6) is 0.599. The second kappa shape index (κ2) is 12.7. The van der Waals surface area contributed by atoms with Gasteiger partial charge in [-0.15, -0.1) is 0 Å². The van der Waals surface area contributed by atoms with Gasteiger partial charge in [0.25, 0.3) is 0 Å².